The van der Waals surface area contributed by atoms with Gasteiger partial charge in [-0.1, -0.05) is 13.8 Å². The summed E-state index contributed by atoms with van der Waals surface area (Å²) in [6.45, 7) is 5.97. The number of amides is 1. The van der Waals surface area contributed by atoms with Crippen LogP contribution in [0.25, 0.3) is 0 Å². The van der Waals surface area contributed by atoms with E-state index in [9.17, 15) is 9.59 Å². The smallest absolute Gasteiger partial charge is 0.323 e. The predicted octanol–water partition coefficient (Wildman–Crippen LogP) is 0.324. The second-order valence-electron chi connectivity index (χ2n) is 4.86. The van der Waals surface area contributed by atoms with E-state index >= 15 is 0 Å². The number of hydrogen-bond acceptors (Lipinski definition) is 4. The van der Waals surface area contributed by atoms with Gasteiger partial charge < -0.3 is 20.1 Å². The third-order valence-electron chi connectivity index (χ3n) is 3.19. The number of carbonyl (C=O) groups excluding carboxylic acids is 1. The van der Waals surface area contributed by atoms with E-state index in [0.29, 0.717) is 19.8 Å². The Balaban J connectivity index is 2.63. The van der Waals surface area contributed by atoms with Gasteiger partial charge in [0.05, 0.1) is 19.1 Å². The molecule has 1 aliphatic heterocycles. The molecule has 0 bridgehead atoms. The fraction of sp³-hybridized carbons (Fsp3) is 0.846. The molecule has 110 valence electrons. The molecule has 1 amide bonds. The maximum Gasteiger partial charge on any atom is 0.323 e. The van der Waals surface area contributed by atoms with Crippen LogP contribution in [-0.4, -0.2) is 60.8 Å². The summed E-state index contributed by atoms with van der Waals surface area (Å²) in [4.78, 5) is 24.6. The zero-order valence-corrected chi connectivity index (χ0v) is 11.7. The Morgan fingerprint density at radius 3 is 2.63 bits per heavy atom. The molecule has 0 aliphatic carbocycles. The number of rotatable bonds is 8. The lowest BCUT2D eigenvalue weighted by Gasteiger charge is -2.26. The van der Waals surface area contributed by atoms with Crippen molar-refractivity contribution in [2.45, 2.75) is 32.7 Å². The van der Waals surface area contributed by atoms with Crippen molar-refractivity contribution in [3.63, 3.8) is 0 Å². The fourth-order valence-electron chi connectivity index (χ4n) is 2.26. The molecule has 1 fully saturated rings. The van der Waals surface area contributed by atoms with Crippen LogP contribution < -0.4 is 5.32 Å². The molecule has 0 radical (unpaired) electrons. The molecule has 0 aromatic heterocycles. The van der Waals surface area contributed by atoms with Crippen molar-refractivity contribution in [2.24, 2.45) is 5.92 Å². The number of nitrogens with one attached hydrogen (secondary N) is 1. The minimum absolute atomic E-state index is 0.000557. The molecule has 0 aromatic rings. The van der Waals surface area contributed by atoms with Crippen molar-refractivity contribution in [3.8, 4) is 0 Å². The molecule has 0 saturated carbocycles. The minimum Gasteiger partial charge on any atom is -0.480 e. The summed E-state index contributed by atoms with van der Waals surface area (Å²) in [5.41, 5.74) is 0. The Morgan fingerprint density at radius 2 is 2.05 bits per heavy atom. The van der Waals surface area contributed by atoms with E-state index < -0.39 is 5.97 Å². The monoisotopic (exact) mass is 272 g/mol. The van der Waals surface area contributed by atoms with Crippen molar-refractivity contribution in [3.05, 3.63) is 0 Å². The van der Waals surface area contributed by atoms with Gasteiger partial charge >= 0.3 is 5.97 Å². The van der Waals surface area contributed by atoms with E-state index in [1.54, 1.807) is 0 Å². The highest BCUT2D eigenvalue weighted by Crippen LogP contribution is 2.17. The van der Waals surface area contributed by atoms with Crippen molar-refractivity contribution < 1.29 is 19.4 Å². The molecule has 6 heteroatoms. The SMILES string of the molecule is CCCNC1COCC1C(=O)N(CCC)CC(=O)O. The van der Waals surface area contributed by atoms with Gasteiger partial charge in [-0.2, -0.15) is 0 Å². The summed E-state index contributed by atoms with van der Waals surface area (Å²) in [6, 6.07) is 0.000557. The third kappa shape index (κ3) is 4.80. The molecule has 0 aromatic carbocycles. The van der Waals surface area contributed by atoms with Gasteiger partial charge in [0, 0.05) is 12.6 Å². The van der Waals surface area contributed by atoms with E-state index in [4.69, 9.17) is 9.84 Å². The van der Waals surface area contributed by atoms with Crippen LogP contribution in [0.4, 0.5) is 0 Å². The quantitative estimate of drug-likeness (QED) is 0.665. The summed E-state index contributed by atoms with van der Waals surface area (Å²) in [5, 5.41) is 12.2. The summed E-state index contributed by atoms with van der Waals surface area (Å²) in [5.74, 6) is -1.36. The van der Waals surface area contributed by atoms with Crippen molar-refractivity contribution in [1.29, 1.82) is 0 Å². The van der Waals surface area contributed by atoms with Crippen LogP contribution in [0, 0.1) is 5.92 Å². The van der Waals surface area contributed by atoms with Crippen molar-refractivity contribution >= 4 is 11.9 Å². The van der Waals surface area contributed by atoms with Gasteiger partial charge in [-0.25, -0.2) is 0 Å². The molecule has 2 unspecified atom stereocenters. The number of nitrogens with zero attached hydrogens (tertiary/aromatic N) is 1. The van der Waals surface area contributed by atoms with E-state index in [1.807, 2.05) is 6.92 Å². The van der Waals surface area contributed by atoms with Crippen molar-refractivity contribution in [2.75, 3.05) is 32.8 Å². The van der Waals surface area contributed by atoms with E-state index in [-0.39, 0.29) is 24.4 Å². The Hall–Kier alpha value is -1.14. The topological polar surface area (TPSA) is 78.9 Å². The average Bonchev–Trinajstić information content (AvgIpc) is 2.82. The molecule has 0 spiro atoms. The molecule has 1 saturated heterocycles. The molecule has 1 aliphatic rings. The Kier molecular flexibility index (Phi) is 6.80. The average molecular weight is 272 g/mol. The molecular weight excluding hydrogens is 248 g/mol. The lowest BCUT2D eigenvalue weighted by Crippen LogP contribution is -2.47. The first kappa shape index (κ1) is 15.9. The predicted molar refractivity (Wildman–Crippen MR) is 70.9 cm³/mol. The van der Waals surface area contributed by atoms with Crippen LogP contribution in [0.15, 0.2) is 0 Å². The molecule has 2 atom stereocenters. The van der Waals surface area contributed by atoms with Crippen LogP contribution in [0.2, 0.25) is 0 Å². The second kappa shape index (κ2) is 8.12. The van der Waals surface area contributed by atoms with E-state index in [0.717, 1.165) is 19.4 Å². The zero-order chi connectivity index (χ0) is 14.3. The molecule has 19 heavy (non-hydrogen) atoms. The van der Waals surface area contributed by atoms with Gasteiger partial charge in [-0.15, -0.1) is 0 Å². The standard InChI is InChI=1S/C13H24N2O4/c1-3-5-14-11-9-19-8-10(11)13(18)15(6-4-2)7-12(16)17/h10-11,14H,3-9H2,1-2H3,(H,16,17). The van der Waals surface area contributed by atoms with Gasteiger partial charge in [0.1, 0.15) is 6.54 Å². The number of aliphatic carboxylic acids is 1. The highest BCUT2D eigenvalue weighted by atomic mass is 16.5. The molecular formula is C13H24N2O4. The largest absolute Gasteiger partial charge is 0.480 e. The van der Waals surface area contributed by atoms with Crippen LogP contribution in [0.3, 0.4) is 0 Å². The second-order valence-corrected chi connectivity index (χ2v) is 4.86. The summed E-state index contributed by atoms with van der Waals surface area (Å²) < 4.78 is 5.36. The first-order chi connectivity index (χ1) is 9.10. The van der Waals surface area contributed by atoms with Gasteiger partial charge in [0.15, 0.2) is 0 Å². The molecule has 6 nitrogen and oxygen atoms in total. The maximum atomic E-state index is 12.4. The Morgan fingerprint density at radius 1 is 1.32 bits per heavy atom. The van der Waals surface area contributed by atoms with E-state index in [1.165, 1.54) is 4.90 Å². The summed E-state index contributed by atoms with van der Waals surface area (Å²) >= 11 is 0. The van der Waals surface area contributed by atoms with Gasteiger partial charge in [-0.3, -0.25) is 9.59 Å². The Bertz CT molecular complexity index is 309. The van der Waals surface area contributed by atoms with Gasteiger partial charge in [0.25, 0.3) is 0 Å². The lowest BCUT2D eigenvalue weighted by atomic mass is 10.0. The van der Waals surface area contributed by atoms with Crippen LogP contribution in [-0.2, 0) is 14.3 Å². The summed E-state index contributed by atoms with van der Waals surface area (Å²) in [6.07, 6.45) is 1.74. The molecule has 1 rings (SSSR count). The third-order valence-corrected chi connectivity index (χ3v) is 3.19. The van der Waals surface area contributed by atoms with Crippen molar-refractivity contribution in [1.82, 2.24) is 10.2 Å². The number of ether oxygens (including phenoxy) is 1. The number of hydrogen-bond donors (Lipinski definition) is 2. The molecule has 1 heterocycles. The maximum absolute atomic E-state index is 12.4. The van der Waals surface area contributed by atoms with Crippen LogP contribution in [0.1, 0.15) is 26.7 Å². The zero-order valence-electron chi connectivity index (χ0n) is 11.7. The Labute approximate surface area is 114 Å². The van der Waals surface area contributed by atoms with Crippen LogP contribution >= 0.6 is 0 Å². The first-order valence-corrected chi connectivity index (χ1v) is 6.91. The van der Waals surface area contributed by atoms with Crippen LogP contribution in [0.5, 0.6) is 0 Å². The summed E-state index contributed by atoms with van der Waals surface area (Å²) in [7, 11) is 0. The number of carboxylic acid groups (broad SMARTS) is 1. The first-order valence-electron chi connectivity index (χ1n) is 6.91. The highest BCUT2D eigenvalue weighted by Gasteiger charge is 2.36. The number of carboxylic acids is 1. The number of carbonyl (C=O) groups is 2. The lowest BCUT2D eigenvalue weighted by molar-refractivity contribution is -0.146. The fourth-order valence-corrected chi connectivity index (χ4v) is 2.26. The normalized spacial score (nSPS) is 22.4. The van der Waals surface area contributed by atoms with Gasteiger partial charge in [0.2, 0.25) is 5.91 Å². The van der Waals surface area contributed by atoms with Gasteiger partial charge in [-0.05, 0) is 19.4 Å². The highest BCUT2D eigenvalue weighted by molar-refractivity contribution is 5.84. The minimum atomic E-state index is -0.973. The molecule has 2 N–H and O–H groups in total. The van der Waals surface area contributed by atoms with E-state index in [2.05, 4.69) is 12.2 Å².